The van der Waals surface area contributed by atoms with Gasteiger partial charge in [-0.25, -0.2) is 9.97 Å². The van der Waals surface area contributed by atoms with Gasteiger partial charge in [-0.05, 0) is 6.92 Å². The SMILES string of the molecule is CC(=O)OC[C@H]1OC(n2cc([N+](=O)[O-])c3c(N)ncnc32)C(C)(OC(C)=O)[C@@H]1OC(C)=O. The van der Waals surface area contributed by atoms with Crippen molar-refractivity contribution in [2.24, 2.45) is 0 Å². The van der Waals surface area contributed by atoms with Crippen LogP contribution in [0.4, 0.5) is 11.5 Å². The van der Waals surface area contributed by atoms with Crippen molar-refractivity contribution in [2.45, 2.75) is 51.7 Å². The van der Waals surface area contributed by atoms with Crippen molar-refractivity contribution in [3.63, 3.8) is 0 Å². The number of hydrogen-bond acceptors (Lipinski definition) is 12. The number of nitro groups is 1. The molecule has 0 saturated carbocycles. The van der Waals surface area contributed by atoms with E-state index in [0.717, 1.165) is 26.4 Å². The molecule has 1 saturated heterocycles. The number of anilines is 1. The summed E-state index contributed by atoms with van der Waals surface area (Å²) in [5.41, 5.74) is 3.78. The molecule has 2 N–H and O–H groups in total. The summed E-state index contributed by atoms with van der Waals surface area (Å²) in [5.74, 6) is -2.19. The molecule has 0 spiro atoms. The molecule has 3 rings (SSSR count). The van der Waals surface area contributed by atoms with Gasteiger partial charge >= 0.3 is 17.9 Å². The molecule has 14 heteroatoms. The number of carbonyl (C=O) groups is 3. The first-order chi connectivity index (χ1) is 15.0. The Labute approximate surface area is 180 Å². The normalized spacial score (nSPS) is 24.8. The smallest absolute Gasteiger partial charge is 0.303 e. The molecule has 2 unspecified atom stereocenters. The zero-order valence-electron chi connectivity index (χ0n) is 17.6. The molecule has 0 aromatic carbocycles. The van der Waals surface area contributed by atoms with Crippen LogP contribution in [0.5, 0.6) is 0 Å². The third kappa shape index (κ3) is 4.03. The molecule has 1 fully saturated rings. The van der Waals surface area contributed by atoms with E-state index in [-0.39, 0.29) is 23.5 Å². The summed E-state index contributed by atoms with van der Waals surface area (Å²) in [6, 6.07) is 0. The molecule has 2 aromatic rings. The highest BCUT2D eigenvalue weighted by Gasteiger charge is 2.60. The Morgan fingerprint density at radius 1 is 1.25 bits per heavy atom. The lowest BCUT2D eigenvalue weighted by molar-refractivity contribution is -0.383. The molecular formula is C18H21N5O9. The van der Waals surface area contributed by atoms with Crippen LogP contribution >= 0.6 is 0 Å². The van der Waals surface area contributed by atoms with Crippen molar-refractivity contribution < 1.29 is 38.3 Å². The van der Waals surface area contributed by atoms with Crippen LogP contribution in [0.25, 0.3) is 11.0 Å². The summed E-state index contributed by atoms with van der Waals surface area (Å²) in [4.78, 5) is 53.9. The molecule has 0 amide bonds. The number of fused-ring (bicyclic) bond motifs is 1. The van der Waals surface area contributed by atoms with Crippen LogP contribution in [-0.4, -0.2) is 61.8 Å². The summed E-state index contributed by atoms with van der Waals surface area (Å²) in [6.07, 6.45) is -1.32. The van der Waals surface area contributed by atoms with Gasteiger partial charge in [0, 0.05) is 20.8 Å². The maximum absolute atomic E-state index is 12.0. The van der Waals surface area contributed by atoms with Crippen LogP contribution in [0, 0.1) is 10.1 Å². The summed E-state index contributed by atoms with van der Waals surface area (Å²) >= 11 is 0. The number of aromatic nitrogens is 3. The fourth-order valence-corrected chi connectivity index (χ4v) is 3.74. The Morgan fingerprint density at radius 2 is 1.94 bits per heavy atom. The van der Waals surface area contributed by atoms with E-state index in [2.05, 4.69) is 9.97 Å². The Balaban J connectivity index is 2.20. The number of carbonyl (C=O) groups excluding carboxylic acids is 3. The van der Waals surface area contributed by atoms with E-state index < -0.39 is 52.6 Å². The Kier molecular flexibility index (Phi) is 5.98. The lowest BCUT2D eigenvalue weighted by Crippen LogP contribution is -2.50. The number of rotatable bonds is 6. The zero-order valence-corrected chi connectivity index (χ0v) is 17.6. The fraction of sp³-hybridized carbons (Fsp3) is 0.500. The molecule has 14 nitrogen and oxygen atoms in total. The number of ether oxygens (including phenoxy) is 4. The first-order valence-corrected chi connectivity index (χ1v) is 9.36. The summed E-state index contributed by atoms with van der Waals surface area (Å²) in [6.45, 7) is 4.57. The van der Waals surface area contributed by atoms with E-state index in [4.69, 9.17) is 24.7 Å². The molecule has 1 aliphatic rings. The van der Waals surface area contributed by atoms with Gasteiger partial charge in [0.1, 0.15) is 30.2 Å². The van der Waals surface area contributed by atoms with Gasteiger partial charge in [-0.3, -0.25) is 29.1 Å². The van der Waals surface area contributed by atoms with Crippen LogP contribution in [-0.2, 0) is 33.3 Å². The largest absolute Gasteiger partial charge is 0.463 e. The highest BCUT2D eigenvalue weighted by atomic mass is 16.7. The van der Waals surface area contributed by atoms with Crippen molar-refractivity contribution in [3.8, 4) is 0 Å². The zero-order chi connectivity index (χ0) is 23.8. The minimum absolute atomic E-state index is 0.0299. The molecule has 172 valence electrons. The molecule has 0 aliphatic carbocycles. The van der Waals surface area contributed by atoms with E-state index in [1.165, 1.54) is 18.4 Å². The Bertz CT molecular complexity index is 1100. The topological polar surface area (TPSA) is 188 Å². The van der Waals surface area contributed by atoms with Gasteiger partial charge < -0.3 is 24.7 Å². The third-order valence-electron chi connectivity index (χ3n) is 4.87. The van der Waals surface area contributed by atoms with Crippen molar-refractivity contribution in [2.75, 3.05) is 12.3 Å². The summed E-state index contributed by atoms with van der Waals surface area (Å²) < 4.78 is 23.1. The minimum Gasteiger partial charge on any atom is -0.463 e. The number of nitrogens with zero attached hydrogens (tertiary/aromatic N) is 4. The molecule has 0 radical (unpaired) electrons. The first-order valence-electron chi connectivity index (χ1n) is 9.36. The van der Waals surface area contributed by atoms with E-state index in [1.807, 2.05) is 0 Å². The average Bonchev–Trinajstić information content (AvgIpc) is 3.17. The summed E-state index contributed by atoms with van der Waals surface area (Å²) in [7, 11) is 0. The monoisotopic (exact) mass is 451 g/mol. The maximum atomic E-state index is 12.0. The first kappa shape index (κ1) is 22.9. The quantitative estimate of drug-likeness (QED) is 0.280. The van der Waals surface area contributed by atoms with Crippen molar-refractivity contribution in [3.05, 3.63) is 22.6 Å². The molecule has 4 atom stereocenters. The number of nitrogen functional groups attached to an aromatic ring is 1. The van der Waals surface area contributed by atoms with E-state index in [9.17, 15) is 24.5 Å². The van der Waals surface area contributed by atoms with Gasteiger partial charge in [-0.2, -0.15) is 0 Å². The van der Waals surface area contributed by atoms with Crippen LogP contribution in [0.1, 0.15) is 33.9 Å². The molecule has 1 aliphatic heterocycles. The van der Waals surface area contributed by atoms with Crippen molar-refractivity contribution in [1.29, 1.82) is 0 Å². The Morgan fingerprint density at radius 3 is 2.50 bits per heavy atom. The fourth-order valence-electron chi connectivity index (χ4n) is 3.74. The number of hydrogen-bond donors (Lipinski definition) is 1. The Hall–Kier alpha value is -3.81. The highest BCUT2D eigenvalue weighted by Crippen LogP contribution is 2.46. The van der Waals surface area contributed by atoms with Crippen LogP contribution in [0.3, 0.4) is 0 Å². The van der Waals surface area contributed by atoms with Gasteiger partial charge in [-0.15, -0.1) is 0 Å². The van der Waals surface area contributed by atoms with Crippen molar-refractivity contribution in [1.82, 2.24) is 14.5 Å². The molecular weight excluding hydrogens is 430 g/mol. The summed E-state index contributed by atoms with van der Waals surface area (Å²) in [5, 5.41) is 11.6. The van der Waals surface area contributed by atoms with E-state index >= 15 is 0 Å². The van der Waals surface area contributed by atoms with Gasteiger partial charge in [0.2, 0.25) is 0 Å². The number of nitrogens with two attached hydrogens (primary N) is 1. The predicted octanol–water partition coefficient (Wildman–Crippen LogP) is 0.636. The highest BCUT2D eigenvalue weighted by molar-refractivity contribution is 5.95. The lowest BCUT2D eigenvalue weighted by Gasteiger charge is -2.34. The second-order valence-electron chi connectivity index (χ2n) is 7.27. The minimum atomic E-state index is -1.68. The van der Waals surface area contributed by atoms with Gasteiger partial charge in [0.05, 0.1) is 11.1 Å². The molecule has 3 heterocycles. The van der Waals surface area contributed by atoms with Gasteiger partial charge in [0.15, 0.2) is 23.6 Å². The second kappa shape index (κ2) is 8.37. The van der Waals surface area contributed by atoms with Crippen LogP contribution in [0.2, 0.25) is 0 Å². The van der Waals surface area contributed by atoms with Crippen molar-refractivity contribution >= 4 is 40.4 Å². The molecule has 2 aromatic heterocycles. The van der Waals surface area contributed by atoms with Crippen LogP contribution in [0.15, 0.2) is 12.5 Å². The van der Waals surface area contributed by atoms with Gasteiger partial charge in [0.25, 0.3) is 5.69 Å². The predicted molar refractivity (Wildman–Crippen MR) is 105 cm³/mol. The molecule has 0 bridgehead atoms. The van der Waals surface area contributed by atoms with E-state index in [0.29, 0.717) is 0 Å². The maximum Gasteiger partial charge on any atom is 0.303 e. The number of esters is 3. The van der Waals surface area contributed by atoms with E-state index in [1.54, 1.807) is 0 Å². The second-order valence-corrected chi connectivity index (χ2v) is 7.27. The van der Waals surface area contributed by atoms with Gasteiger partial charge in [-0.1, -0.05) is 0 Å². The lowest BCUT2D eigenvalue weighted by atomic mass is 9.95. The standard InChI is InChI=1S/C18H21N5O9/c1-8(24)29-6-12-14(30-9(2)25)18(4,32-10(3)26)17(31-12)22-5-11(23(27)28)13-15(19)20-7-21-16(13)22/h5,7,12,14,17H,6H2,1-4H3,(H2,19,20,21)/t12-,14-,17?,18?/m1/s1. The third-order valence-corrected chi connectivity index (χ3v) is 4.87. The van der Waals surface area contributed by atoms with Crippen LogP contribution < -0.4 is 5.73 Å². The average molecular weight is 451 g/mol. The molecule has 32 heavy (non-hydrogen) atoms.